The normalized spacial score (nSPS) is 13.7. The van der Waals surface area contributed by atoms with Gasteiger partial charge in [-0.2, -0.15) is 0 Å². The van der Waals surface area contributed by atoms with E-state index >= 15 is 0 Å². The summed E-state index contributed by atoms with van der Waals surface area (Å²) in [6.07, 6.45) is -1.07. The molecule has 0 aliphatic carbocycles. The van der Waals surface area contributed by atoms with Crippen LogP contribution in [0.15, 0.2) is 0 Å². The Morgan fingerprint density at radius 2 is 1.94 bits per heavy atom. The Hall–Kier alpha value is -1.06. The van der Waals surface area contributed by atoms with Crippen LogP contribution in [-0.2, 0) is 9.57 Å². The van der Waals surface area contributed by atoms with Gasteiger partial charge in [0.25, 0.3) is 5.09 Å². The van der Waals surface area contributed by atoms with E-state index in [1.54, 1.807) is 0 Å². The Labute approximate surface area is 113 Å². The maximum absolute atomic E-state index is 10.4. The first-order valence-electron chi connectivity index (χ1n) is 4.81. The lowest BCUT2D eigenvalue weighted by Crippen LogP contribution is -2.39. The Kier molecular flexibility index (Phi) is 8.42. The van der Waals surface area contributed by atoms with Gasteiger partial charge in [0, 0.05) is 5.88 Å². The van der Waals surface area contributed by atoms with E-state index < -0.39 is 21.6 Å². The van der Waals surface area contributed by atoms with E-state index in [0.29, 0.717) is 5.01 Å². The van der Waals surface area contributed by atoms with Crippen LogP contribution < -0.4 is 0 Å². The molecule has 18 heavy (non-hydrogen) atoms. The number of likely N-dealkylation sites (N-methyl/N-ethyl adjacent to an activating group) is 1. The fraction of sp³-hybridized carbons (Fsp3) is 1.00. The SMILES string of the molecule is CN(CC(COCC(Cl)CCl)O[N+](=O)[O-])[N+](=O)[O-]. The molecule has 11 heteroatoms. The molecule has 0 heterocycles. The third-order valence-electron chi connectivity index (χ3n) is 1.75. The van der Waals surface area contributed by atoms with Gasteiger partial charge in [0.2, 0.25) is 0 Å². The standard InChI is InChI=1S/C7H13Cl2N3O6/c1-10(11(13)14)3-7(18-12(15)16)5-17-4-6(9)2-8/h6-7H,2-5H2,1H3. The highest BCUT2D eigenvalue weighted by atomic mass is 35.5. The molecule has 2 unspecified atom stereocenters. The summed E-state index contributed by atoms with van der Waals surface area (Å²) >= 11 is 11.1. The number of hydrogen-bond donors (Lipinski definition) is 0. The average molecular weight is 306 g/mol. The molecular formula is C7H13Cl2N3O6. The smallest absolute Gasteiger partial charge is 0.294 e. The van der Waals surface area contributed by atoms with E-state index in [-0.39, 0.29) is 25.6 Å². The van der Waals surface area contributed by atoms with Crippen LogP contribution in [-0.4, -0.2) is 59.3 Å². The van der Waals surface area contributed by atoms with Crippen molar-refractivity contribution in [3.63, 3.8) is 0 Å². The summed E-state index contributed by atoms with van der Waals surface area (Å²) in [5, 5.41) is 19.1. The highest BCUT2D eigenvalue weighted by Gasteiger charge is 2.21. The van der Waals surface area contributed by atoms with Crippen molar-refractivity contribution in [1.82, 2.24) is 5.01 Å². The summed E-state index contributed by atoms with van der Waals surface area (Å²) in [4.78, 5) is 24.8. The molecule has 0 saturated heterocycles. The molecule has 9 nitrogen and oxygen atoms in total. The van der Waals surface area contributed by atoms with Crippen LogP contribution in [0.1, 0.15) is 0 Å². The van der Waals surface area contributed by atoms with E-state index in [2.05, 4.69) is 4.84 Å². The molecule has 0 radical (unpaired) electrons. The minimum Gasteiger partial charge on any atom is -0.377 e. The van der Waals surface area contributed by atoms with Crippen molar-refractivity contribution in [3.05, 3.63) is 20.2 Å². The predicted molar refractivity (Wildman–Crippen MR) is 62.7 cm³/mol. The molecule has 0 amide bonds. The van der Waals surface area contributed by atoms with Crippen molar-refractivity contribution in [2.75, 3.05) is 32.7 Å². The van der Waals surface area contributed by atoms with Gasteiger partial charge in [0.05, 0.1) is 25.6 Å². The largest absolute Gasteiger partial charge is 0.377 e. The molecule has 0 saturated carbocycles. The number of hydrazine groups is 1. The maximum atomic E-state index is 10.4. The first-order chi connectivity index (χ1) is 8.36. The van der Waals surface area contributed by atoms with Gasteiger partial charge >= 0.3 is 0 Å². The maximum Gasteiger partial charge on any atom is 0.294 e. The van der Waals surface area contributed by atoms with E-state index in [0.717, 1.165) is 0 Å². The molecule has 0 spiro atoms. The molecule has 0 fully saturated rings. The van der Waals surface area contributed by atoms with Crippen LogP contribution in [0.3, 0.4) is 0 Å². The van der Waals surface area contributed by atoms with Crippen molar-refractivity contribution in [3.8, 4) is 0 Å². The van der Waals surface area contributed by atoms with E-state index in [1.165, 1.54) is 7.05 Å². The van der Waals surface area contributed by atoms with Crippen molar-refractivity contribution in [2.45, 2.75) is 11.5 Å². The Morgan fingerprint density at radius 1 is 1.33 bits per heavy atom. The molecule has 0 aromatic rings. The fourth-order valence-electron chi connectivity index (χ4n) is 0.971. The van der Waals surface area contributed by atoms with Crippen molar-refractivity contribution in [1.29, 1.82) is 0 Å². The van der Waals surface area contributed by atoms with Gasteiger partial charge in [-0.3, -0.25) is 0 Å². The van der Waals surface area contributed by atoms with Gasteiger partial charge in [-0.15, -0.1) is 38.3 Å². The number of halogens is 2. The average Bonchev–Trinajstić information content (AvgIpc) is 2.27. The zero-order valence-corrected chi connectivity index (χ0v) is 11.0. The molecule has 2 atom stereocenters. The predicted octanol–water partition coefficient (Wildman–Crippen LogP) is 0.550. The second-order valence-corrected chi connectivity index (χ2v) is 4.24. The van der Waals surface area contributed by atoms with Crippen molar-refractivity contribution >= 4 is 23.2 Å². The number of rotatable bonds is 10. The summed E-state index contributed by atoms with van der Waals surface area (Å²) in [5.74, 6) is 0.164. The van der Waals surface area contributed by atoms with Crippen LogP contribution in [0.25, 0.3) is 0 Å². The second-order valence-electron chi connectivity index (χ2n) is 3.32. The van der Waals surface area contributed by atoms with Gasteiger partial charge in [-0.05, 0) is 0 Å². The first-order valence-corrected chi connectivity index (χ1v) is 5.78. The van der Waals surface area contributed by atoms with Gasteiger partial charge in [-0.1, -0.05) is 0 Å². The van der Waals surface area contributed by atoms with E-state index in [1.807, 2.05) is 0 Å². The van der Waals surface area contributed by atoms with Crippen LogP contribution in [0.2, 0.25) is 0 Å². The van der Waals surface area contributed by atoms with Crippen LogP contribution in [0.5, 0.6) is 0 Å². The lowest BCUT2D eigenvalue weighted by atomic mass is 10.4. The van der Waals surface area contributed by atoms with Gasteiger partial charge in [-0.25, -0.2) is 10.1 Å². The summed E-state index contributed by atoms with van der Waals surface area (Å²) in [6.45, 7) is -0.411. The van der Waals surface area contributed by atoms with Gasteiger partial charge < -0.3 is 9.57 Å². The third-order valence-corrected chi connectivity index (χ3v) is 2.56. The lowest BCUT2D eigenvalue weighted by Gasteiger charge is -2.17. The number of alkyl halides is 2. The minimum absolute atomic E-state index is 0.0742. The van der Waals surface area contributed by atoms with Crippen molar-refractivity contribution in [2.24, 2.45) is 0 Å². The topological polar surface area (TPSA) is 108 Å². The van der Waals surface area contributed by atoms with Gasteiger partial charge in [0.1, 0.15) is 6.54 Å². The van der Waals surface area contributed by atoms with Gasteiger partial charge in [0.15, 0.2) is 11.1 Å². The lowest BCUT2D eigenvalue weighted by molar-refractivity contribution is -0.772. The van der Waals surface area contributed by atoms with E-state index in [4.69, 9.17) is 27.9 Å². The quantitative estimate of drug-likeness (QED) is 0.329. The zero-order chi connectivity index (χ0) is 14.1. The molecule has 0 aromatic heterocycles. The summed E-state index contributed by atoms with van der Waals surface area (Å²) < 4.78 is 5.03. The molecule has 0 N–H and O–H groups in total. The Morgan fingerprint density at radius 3 is 2.39 bits per heavy atom. The molecule has 106 valence electrons. The van der Waals surface area contributed by atoms with Crippen LogP contribution >= 0.6 is 23.2 Å². The number of ether oxygens (including phenoxy) is 1. The summed E-state index contributed by atoms with van der Waals surface area (Å²) in [7, 11) is 1.17. The third kappa shape index (κ3) is 8.09. The highest BCUT2D eigenvalue weighted by Crippen LogP contribution is 2.02. The molecule has 0 aliphatic heterocycles. The molecule has 0 aliphatic rings. The fourth-order valence-corrected chi connectivity index (χ4v) is 1.15. The first kappa shape index (κ1) is 16.9. The number of hydrogen-bond acceptors (Lipinski definition) is 6. The second kappa shape index (κ2) is 8.95. The Bertz CT molecular complexity index is 282. The van der Waals surface area contributed by atoms with Crippen LogP contribution in [0, 0.1) is 20.2 Å². The van der Waals surface area contributed by atoms with E-state index in [9.17, 15) is 20.2 Å². The zero-order valence-electron chi connectivity index (χ0n) is 9.53. The van der Waals surface area contributed by atoms with Crippen molar-refractivity contribution < 1.29 is 19.7 Å². The molecular weight excluding hydrogens is 293 g/mol. The Balaban J connectivity index is 4.14. The molecule has 0 aromatic carbocycles. The number of nitro groups is 1. The summed E-state index contributed by atoms with van der Waals surface area (Å²) in [5.41, 5.74) is 0. The minimum atomic E-state index is -1.07. The number of nitrogens with zero attached hydrogens (tertiary/aromatic N) is 3. The van der Waals surface area contributed by atoms with Crippen LogP contribution in [0.4, 0.5) is 0 Å². The highest BCUT2D eigenvalue weighted by molar-refractivity contribution is 6.28. The molecule has 0 rings (SSSR count). The summed E-state index contributed by atoms with van der Waals surface area (Å²) in [6, 6.07) is 0. The monoisotopic (exact) mass is 305 g/mol. The molecule has 0 bridgehead atoms.